The molecule has 0 aliphatic heterocycles. The molecule has 3 rings (SSSR count). The Hall–Kier alpha value is -3.33. The summed E-state index contributed by atoms with van der Waals surface area (Å²) in [5.74, 6) is 0.653. The van der Waals surface area contributed by atoms with Crippen LogP contribution in [-0.2, 0) is 0 Å². The van der Waals surface area contributed by atoms with E-state index in [1.54, 1.807) is 30.5 Å². The van der Waals surface area contributed by atoms with Crippen molar-refractivity contribution in [2.75, 3.05) is 5.43 Å². The standard InChI is InChI=1S/C15H10N4O2/c16-9-11-7-10-8-12(20)4-5-13(10)21-15(11)19-18-14-3-1-2-6-17-14/h1-8,20H,(H,17,18)/b19-15+. The van der Waals surface area contributed by atoms with Crippen LogP contribution in [0.15, 0.2) is 58.2 Å². The maximum Gasteiger partial charge on any atom is 0.254 e. The van der Waals surface area contributed by atoms with Gasteiger partial charge in [0.05, 0.1) is 0 Å². The number of pyridine rings is 1. The number of aromatic hydroxyl groups is 1. The van der Waals surface area contributed by atoms with Gasteiger partial charge in [0, 0.05) is 11.6 Å². The Bertz CT molecular complexity index is 895. The Balaban J connectivity index is 2.09. The molecule has 0 saturated carbocycles. The summed E-state index contributed by atoms with van der Waals surface area (Å²) >= 11 is 0. The lowest BCUT2D eigenvalue weighted by Crippen LogP contribution is -2.10. The van der Waals surface area contributed by atoms with Crippen LogP contribution in [0.4, 0.5) is 5.82 Å². The normalized spacial score (nSPS) is 11.3. The molecule has 0 spiro atoms. The van der Waals surface area contributed by atoms with E-state index in [-0.39, 0.29) is 16.9 Å². The van der Waals surface area contributed by atoms with E-state index in [9.17, 15) is 5.11 Å². The lowest BCUT2D eigenvalue weighted by atomic mass is 10.2. The van der Waals surface area contributed by atoms with Gasteiger partial charge in [-0.25, -0.2) is 4.98 Å². The summed E-state index contributed by atoms with van der Waals surface area (Å²) < 4.78 is 5.57. The summed E-state index contributed by atoms with van der Waals surface area (Å²) in [6.45, 7) is 0. The zero-order valence-corrected chi connectivity index (χ0v) is 10.8. The average Bonchev–Trinajstić information content (AvgIpc) is 2.53. The number of anilines is 1. The smallest absolute Gasteiger partial charge is 0.254 e. The van der Waals surface area contributed by atoms with E-state index in [2.05, 4.69) is 15.5 Å². The van der Waals surface area contributed by atoms with Gasteiger partial charge in [0.15, 0.2) is 0 Å². The number of nitrogens with one attached hydrogen (secondary N) is 1. The third-order valence-electron chi connectivity index (χ3n) is 2.79. The Labute approximate surface area is 119 Å². The number of rotatable bonds is 2. The fourth-order valence-electron chi connectivity index (χ4n) is 1.82. The molecular formula is C15H10N4O2. The van der Waals surface area contributed by atoms with Crippen molar-refractivity contribution in [3.8, 4) is 11.8 Å². The first-order valence-corrected chi connectivity index (χ1v) is 6.14. The molecular weight excluding hydrogens is 268 g/mol. The van der Waals surface area contributed by atoms with Crippen LogP contribution in [0.1, 0.15) is 5.56 Å². The van der Waals surface area contributed by atoms with Gasteiger partial charge in [-0.1, -0.05) is 6.07 Å². The summed E-state index contributed by atoms with van der Waals surface area (Å²) in [5, 5.41) is 23.3. The second-order valence-electron chi connectivity index (χ2n) is 4.24. The summed E-state index contributed by atoms with van der Waals surface area (Å²) in [6, 6.07) is 13.6. The Morgan fingerprint density at radius 3 is 2.90 bits per heavy atom. The Morgan fingerprint density at radius 1 is 1.24 bits per heavy atom. The predicted molar refractivity (Wildman–Crippen MR) is 76.0 cm³/mol. The van der Waals surface area contributed by atoms with Crippen LogP contribution in [0.5, 0.6) is 5.75 Å². The second-order valence-corrected chi connectivity index (χ2v) is 4.24. The number of hydrogen-bond donors (Lipinski definition) is 2. The van der Waals surface area contributed by atoms with E-state index in [0.717, 1.165) is 0 Å². The third kappa shape index (κ3) is 2.67. The van der Waals surface area contributed by atoms with Gasteiger partial charge in [-0.05, 0) is 36.4 Å². The third-order valence-corrected chi connectivity index (χ3v) is 2.79. The van der Waals surface area contributed by atoms with Gasteiger partial charge in [-0.3, -0.25) is 5.43 Å². The van der Waals surface area contributed by atoms with Gasteiger partial charge in [0.25, 0.3) is 5.55 Å². The van der Waals surface area contributed by atoms with Gasteiger partial charge in [-0.15, -0.1) is 5.10 Å². The molecule has 0 unspecified atom stereocenters. The monoisotopic (exact) mass is 278 g/mol. The molecule has 0 aliphatic rings. The lowest BCUT2D eigenvalue weighted by Gasteiger charge is -2.01. The molecule has 0 saturated heterocycles. The van der Waals surface area contributed by atoms with E-state index < -0.39 is 0 Å². The number of fused-ring (bicyclic) bond motifs is 1. The minimum absolute atomic E-state index is 0.109. The first-order valence-electron chi connectivity index (χ1n) is 6.14. The van der Waals surface area contributed by atoms with Crippen LogP contribution in [0.2, 0.25) is 0 Å². The highest BCUT2D eigenvalue weighted by Crippen LogP contribution is 2.19. The van der Waals surface area contributed by atoms with E-state index >= 15 is 0 Å². The topological polar surface area (TPSA) is 94.4 Å². The highest BCUT2D eigenvalue weighted by Gasteiger charge is 2.04. The molecule has 0 radical (unpaired) electrons. The molecule has 6 nitrogen and oxygen atoms in total. The summed E-state index contributed by atoms with van der Waals surface area (Å²) in [4.78, 5) is 4.06. The zero-order valence-electron chi connectivity index (χ0n) is 10.8. The van der Waals surface area contributed by atoms with Crippen molar-refractivity contribution in [2.45, 2.75) is 0 Å². The SMILES string of the molecule is N#Cc1cc2cc(O)ccc2o/c1=N/Nc1ccccn1. The van der Waals surface area contributed by atoms with Crippen molar-refractivity contribution >= 4 is 16.8 Å². The van der Waals surface area contributed by atoms with Crippen molar-refractivity contribution < 1.29 is 9.52 Å². The van der Waals surface area contributed by atoms with Gasteiger partial charge >= 0.3 is 0 Å². The highest BCUT2D eigenvalue weighted by molar-refractivity contribution is 5.79. The zero-order chi connectivity index (χ0) is 14.7. The van der Waals surface area contributed by atoms with Gasteiger partial charge in [0.2, 0.25) is 0 Å². The number of phenols is 1. The van der Waals surface area contributed by atoms with Gasteiger partial charge in [0.1, 0.15) is 28.8 Å². The highest BCUT2D eigenvalue weighted by atomic mass is 16.3. The summed E-state index contributed by atoms with van der Waals surface area (Å²) in [5.41, 5.74) is 3.67. The molecule has 21 heavy (non-hydrogen) atoms. The molecule has 2 aromatic heterocycles. The molecule has 1 aromatic carbocycles. The molecule has 0 aliphatic carbocycles. The Morgan fingerprint density at radius 2 is 2.14 bits per heavy atom. The quantitative estimate of drug-likeness (QED) is 0.701. The van der Waals surface area contributed by atoms with Crippen molar-refractivity contribution in [1.29, 1.82) is 5.26 Å². The molecule has 3 aromatic rings. The van der Waals surface area contributed by atoms with Crippen molar-refractivity contribution in [3.63, 3.8) is 0 Å². The summed E-state index contributed by atoms with van der Waals surface area (Å²) in [7, 11) is 0. The van der Waals surface area contributed by atoms with Crippen LogP contribution in [-0.4, -0.2) is 10.1 Å². The molecule has 2 heterocycles. The lowest BCUT2D eigenvalue weighted by molar-refractivity contribution is 0.475. The number of hydrogen-bond acceptors (Lipinski definition) is 6. The molecule has 0 atom stereocenters. The maximum absolute atomic E-state index is 9.45. The van der Waals surface area contributed by atoms with Crippen molar-refractivity contribution in [2.24, 2.45) is 5.10 Å². The molecule has 0 amide bonds. The van der Waals surface area contributed by atoms with Crippen molar-refractivity contribution in [3.05, 3.63) is 59.8 Å². The average molecular weight is 278 g/mol. The molecule has 0 fully saturated rings. The van der Waals surface area contributed by atoms with Crippen LogP contribution >= 0.6 is 0 Å². The number of phenolic OH excluding ortho intramolecular Hbond substituents is 1. The van der Waals surface area contributed by atoms with Gasteiger partial charge < -0.3 is 9.52 Å². The second kappa shape index (κ2) is 5.35. The van der Waals surface area contributed by atoms with Crippen LogP contribution in [0.3, 0.4) is 0 Å². The molecule has 2 N–H and O–H groups in total. The van der Waals surface area contributed by atoms with Crippen LogP contribution in [0, 0.1) is 11.3 Å². The minimum atomic E-state index is 0.109. The number of benzene rings is 1. The largest absolute Gasteiger partial charge is 0.508 e. The molecule has 102 valence electrons. The van der Waals surface area contributed by atoms with E-state index in [0.29, 0.717) is 16.8 Å². The van der Waals surface area contributed by atoms with Crippen LogP contribution < -0.4 is 11.0 Å². The van der Waals surface area contributed by atoms with E-state index in [4.69, 9.17) is 9.68 Å². The van der Waals surface area contributed by atoms with Gasteiger partial charge in [-0.2, -0.15) is 5.26 Å². The van der Waals surface area contributed by atoms with E-state index in [1.165, 1.54) is 12.1 Å². The fourth-order valence-corrected chi connectivity index (χ4v) is 1.82. The first kappa shape index (κ1) is 12.7. The summed E-state index contributed by atoms with van der Waals surface area (Å²) in [6.07, 6.45) is 1.63. The maximum atomic E-state index is 9.45. The van der Waals surface area contributed by atoms with Crippen molar-refractivity contribution in [1.82, 2.24) is 4.98 Å². The number of nitrogens with zero attached hydrogens (tertiary/aromatic N) is 3. The molecule has 0 bridgehead atoms. The first-order chi connectivity index (χ1) is 10.3. The number of nitriles is 1. The molecule has 6 heteroatoms. The van der Waals surface area contributed by atoms with E-state index in [1.807, 2.05) is 12.1 Å². The number of aromatic nitrogens is 1. The minimum Gasteiger partial charge on any atom is -0.508 e. The predicted octanol–water partition coefficient (Wildman–Crippen LogP) is 2.33. The van der Waals surface area contributed by atoms with Crippen LogP contribution in [0.25, 0.3) is 11.0 Å². The fraction of sp³-hybridized carbons (Fsp3) is 0. The Kier molecular flexibility index (Phi) is 3.23.